The van der Waals surface area contributed by atoms with Gasteiger partial charge in [-0.15, -0.1) is 0 Å². The highest BCUT2D eigenvalue weighted by atomic mass is 16.5. The van der Waals surface area contributed by atoms with Crippen molar-refractivity contribution in [1.29, 1.82) is 5.26 Å². The zero-order valence-corrected chi connectivity index (χ0v) is 13.4. The summed E-state index contributed by atoms with van der Waals surface area (Å²) in [4.78, 5) is 2.35. The number of hydrogen-bond donors (Lipinski definition) is 2. The molecule has 1 fully saturated rings. The van der Waals surface area contributed by atoms with Crippen LogP contribution in [0.2, 0.25) is 0 Å². The number of aliphatic hydroxyl groups is 1. The zero-order valence-electron chi connectivity index (χ0n) is 13.4. The van der Waals surface area contributed by atoms with E-state index in [4.69, 9.17) is 14.7 Å². The van der Waals surface area contributed by atoms with Crippen LogP contribution in [-0.4, -0.2) is 68.7 Å². The molecule has 0 spiro atoms. The summed E-state index contributed by atoms with van der Waals surface area (Å²) in [5.41, 5.74) is 0.963. The Bertz CT molecular complexity index is 481. The molecule has 0 saturated carbocycles. The van der Waals surface area contributed by atoms with E-state index in [-0.39, 0.29) is 6.61 Å². The number of nitriles is 1. The molecule has 6 heteroatoms. The van der Waals surface area contributed by atoms with E-state index in [2.05, 4.69) is 16.3 Å². The molecule has 0 radical (unpaired) electrons. The number of morpholine rings is 1. The highest BCUT2D eigenvalue weighted by molar-refractivity contribution is 5.28. The van der Waals surface area contributed by atoms with Crippen LogP contribution in [0.15, 0.2) is 24.3 Å². The summed E-state index contributed by atoms with van der Waals surface area (Å²) in [6.07, 6.45) is -0.144. The van der Waals surface area contributed by atoms with Gasteiger partial charge in [0.1, 0.15) is 18.5 Å². The fraction of sp³-hybridized carbons (Fsp3) is 0.588. The van der Waals surface area contributed by atoms with Gasteiger partial charge in [0.05, 0.1) is 25.7 Å². The number of nitrogens with one attached hydrogen (secondary N) is 1. The largest absolute Gasteiger partial charge is 0.491 e. The Balaban J connectivity index is 1.55. The lowest BCUT2D eigenvalue weighted by Crippen LogP contribution is -2.41. The molecule has 1 saturated heterocycles. The summed E-state index contributed by atoms with van der Waals surface area (Å²) in [5.74, 6) is 0.707. The predicted octanol–water partition coefficient (Wildman–Crippen LogP) is 0.414. The molecule has 1 atom stereocenters. The smallest absolute Gasteiger partial charge is 0.119 e. The lowest BCUT2D eigenvalue weighted by Gasteiger charge is -2.26. The quantitative estimate of drug-likeness (QED) is 0.642. The molecule has 0 aliphatic carbocycles. The van der Waals surface area contributed by atoms with Crippen molar-refractivity contribution in [3.8, 4) is 11.8 Å². The van der Waals surface area contributed by atoms with Crippen molar-refractivity contribution >= 4 is 0 Å². The SMILES string of the molecule is N#CCc1ccc(OCC(O)CNCCN2CCOCC2)cc1. The minimum Gasteiger partial charge on any atom is -0.491 e. The zero-order chi connectivity index (χ0) is 16.3. The minimum absolute atomic E-state index is 0.252. The summed E-state index contributed by atoms with van der Waals surface area (Å²) in [6.45, 7) is 6.16. The number of ether oxygens (including phenoxy) is 2. The third kappa shape index (κ3) is 6.97. The van der Waals surface area contributed by atoms with Crippen LogP contribution < -0.4 is 10.1 Å². The van der Waals surface area contributed by atoms with E-state index in [1.165, 1.54) is 0 Å². The molecule has 1 aliphatic rings. The Morgan fingerprint density at radius 3 is 2.74 bits per heavy atom. The maximum atomic E-state index is 9.92. The van der Waals surface area contributed by atoms with Gasteiger partial charge in [-0.1, -0.05) is 12.1 Å². The number of hydrogen-bond acceptors (Lipinski definition) is 6. The van der Waals surface area contributed by atoms with Crippen LogP contribution in [-0.2, 0) is 11.2 Å². The molecular formula is C17H25N3O3. The van der Waals surface area contributed by atoms with Crippen LogP contribution >= 0.6 is 0 Å². The van der Waals surface area contributed by atoms with Crippen molar-refractivity contribution < 1.29 is 14.6 Å². The molecule has 23 heavy (non-hydrogen) atoms. The predicted molar refractivity (Wildman–Crippen MR) is 87.4 cm³/mol. The fourth-order valence-electron chi connectivity index (χ4n) is 2.38. The summed E-state index contributed by atoms with van der Waals surface area (Å²) in [5, 5.41) is 21.8. The van der Waals surface area contributed by atoms with Crippen molar-refractivity contribution in [1.82, 2.24) is 10.2 Å². The van der Waals surface area contributed by atoms with Gasteiger partial charge in [-0.3, -0.25) is 4.90 Å². The van der Waals surface area contributed by atoms with Gasteiger partial charge < -0.3 is 19.9 Å². The Morgan fingerprint density at radius 2 is 2.04 bits per heavy atom. The number of benzene rings is 1. The Labute approximate surface area is 137 Å². The average molecular weight is 319 g/mol. The van der Waals surface area contributed by atoms with Gasteiger partial charge in [0.25, 0.3) is 0 Å². The van der Waals surface area contributed by atoms with E-state index in [0.717, 1.165) is 45.0 Å². The van der Waals surface area contributed by atoms with Gasteiger partial charge in [0, 0.05) is 32.7 Å². The highest BCUT2D eigenvalue weighted by Gasteiger charge is 2.10. The average Bonchev–Trinajstić information content (AvgIpc) is 2.59. The molecule has 1 heterocycles. The second-order valence-corrected chi connectivity index (χ2v) is 5.60. The van der Waals surface area contributed by atoms with Crippen LogP contribution in [0.25, 0.3) is 0 Å². The van der Waals surface area contributed by atoms with Gasteiger partial charge in [0.15, 0.2) is 0 Å². The second kappa shape index (κ2) is 10.2. The summed E-state index contributed by atoms with van der Waals surface area (Å²) in [6, 6.07) is 9.49. The third-order valence-electron chi connectivity index (χ3n) is 3.74. The molecule has 126 valence electrons. The normalized spacial score (nSPS) is 16.7. The standard InChI is InChI=1S/C17H25N3O3/c18-6-5-15-1-3-17(4-2-15)23-14-16(21)13-19-7-8-20-9-11-22-12-10-20/h1-4,16,19,21H,5,7-14H2. The van der Waals surface area contributed by atoms with Crippen LogP contribution in [0.5, 0.6) is 5.75 Å². The van der Waals surface area contributed by atoms with E-state index >= 15 is 0 Å². The lowest BCUT2D eigenvalue weighted by atomic mass is 10.2. The van der Waals surface area contributed by atoms with E-state index in [1.807, 2.05) is 24.3 Å². The van der Waals surface area contributed by atoms with Crippen LogP contribution in [0.3, 0.4) is 0 Å². The van der Waals surface area contributed by atoms with Crippen molar-refractivity contribution in [2.75, 3.05) is 52.5 Å². The number of nitrogens with zero attached hydrogens (tertiary/aromatic N) is 2. The maximum Gasteiger partial charge on any atom is 0.119 e. The number of aliphatic hydroxyl groups excluding tert-OH is 1. The molecule has 0 amide bonds. The Morgan fingerprint density at radius 1 is 1.30 bits per heavy atom. The van der Waals surface area contributed by atoms with Crippen molar-refractivity contribution in [2.24, 2.45) is 0 Å². The lowest BCUT2D eigenvalue weighted by molar-refractivity contribution is 0.0376. The third-order valence-corrected chi connectivity index (χ3v) is 3.74. The first-order valence-electron chi connectivity index (χ1n) is 8.05. The van der Waals surface area contributed by atoms with E-state index < -0.39 is 6.10 Å². The van der Waals surface area contributed by atoms with Crippen LogP contribution in [0, 0.1) is 11.3 Å². The molecule has 2 N–H and O–H groups in total. The monoisotopic (exact) mass is 319 g/mol. The molecule has 1 aromatic rings. The minimum atomic E-state index is -0.543. The van der Waals surface area contributed by atoms with Gasteiger partial charge in [-0.25, -0.2) is 0 Å². The first-order chi connectivity index (χ1) is 11.3. The summed E-state index contributed by atoms with van der Waals surface area (Å²) < 4.78 is 10.9. The topological polar surface area (TPSA) is 77.8 Å². The fourth-order valence-corrected chi connectivity index (χ4v) is 2.38. The molecule has 1 unspecified atom stereocenters. The van der Waals surface area contributed by atoms with Gasteiger partial charge in [0.2, 0.25) is 0 Å². The summed E-state index contributed by atoms with van der Waals surface area (Å²) >= 11 is 0. The van der Waals surface area contributed by atoms with Crippen molar-refractivity contribution in [2.45, 2.75) is 12.5 Å². The van der Waals surface area contributed by atoms with Crippen molar-refractivity contribution in [3.63, 3.8) is 0 Å². The molecule has 2 rings (SSSR count). The van der Waals surface area contributed by atoms with Crippen LogP contribution in [0.1, 0.15) is 5.56 Å². The Kier molecular flexibility index (Phi) is 7.84. The number of rotatable bonds is 9. The second-order valence-electron chi connectivity index (χ2n) is 5.60. The molecule has 0 bridgehead atoms. The van der Waals surface area contributed by atoms with Crippen molar-refractivity contribution in [3.05, 3.63) is 29.8 Å². The van der Waals surface area contributed by atoms with E-state index in [9.17, 15) is 5.11 Å². The molecule has 6 nitrogen and oxygen atoms in total. The maximum absolute atomic E-state index is 9.92. The van der Waals surface area contributed by atoms with Gasteiger partial charge >= 0.3 is 0 Å². The molecular weight excluding hydrogens is 294 g/mol. The molecule has 1 aromatic carbocycles. The first kappa shape index (κ1) is 17.7. The molecule has 1 aliphatic heterocycles. The van der Waals surface area contributed by atoms with Crippen LogP contribution in [0.4, 0.5) is 0 Å². The van der Waals surface area contributed by atoms with E-state index in [1.54, 1.807) is 0 Å². The Hall–Kier alpha value is -1.65. The van der Waals surface area contributed by atoms with Gasteiger partial charge in [-0.2, -0.15) is 5.26 Å². The first-order valence-corrected chi connectivity index (χ1v) is 8.05. The molecule has 0 aromatic heterocycles. The van der Waals surface area contributed by atoms with Gasteiger partial charge in [-0.05, 0) is 17.7 Å². The summed E-state index contributed by atoms with van der Waals surface area (Å²) in [7, 11) is 0. The van der Waals surface area contributed by atoms with E-state index in [0.29, 0.717) is 18.7 Å². The highest BCUT2D eigenvalue weighted by Crippen LogP contribution is 2.12.